The third-order valence-electron chi connectivity index (χ3n) is 0.298. The van der Waals surface area contributed by atoms with E-state index in [-0.39, 0.29) is 0 Å². The highest BCUT2D eigenvalue weighted by atomic mass is 15.2. The molecular formula is C3H9N3. The van der Waals surface area contributed by atoms with Crippen molar-refractivity contribution < 1.29 is 0 Å². The zero-order chi connectivity index (χ0) is 4.99. The molecule has 0 unspecified atom stereocenters. The van der Waals surface area contributed by atoms with Gasteiger partial charge >= 0.3 is 0 Å². The van der Waals surface area contributed by atoms with Crippen molar-refractivity contribution in [2.45, 2.75) is 0 Å². The van der Waals surface area contributed by atoms with E-state index >= 15 is 0 Å². The summed E-state index contributed by atoms with van der Waals surface area (Å²) >= 11 is 0. The predicted molar refractivity (Wildman–Crippen MR) is 26.4 cm³/mol. The van der Waals surface area contributed by atoms with Gasteiger partial charge in [-0.1, -0.05) is 0 Å². The van der Waals surface area contributed by atoms with Gasteiger partial charge < -0.3 is 10.7 Å². The molecule has 0 heterocycles. The zero-order valence-corrected chi connectivity index (χ0v) is 4.05. The maximum absolute atomic E-state index is 4.76. The minimum atomic E-state index is 1.53. The SMILES string of the molecule is CN(C)C=NN. The fourth-order valence-electron chi connectivity index (χ4n) is 0.133. The van der Waals surface area contributed by atoms with Crippen molar-refractivity contribution in [1.82, 2.24) is 4.90 Å². The highest BCUT2D eigenvalue weighted by Gasteiger charge is 1.68. The zero-order valence-electron chi connectivity index (χ0n) is 4.05. The Bertz CT molecular complexity index is 48.0. The van der Waals surface area contributed by atoms with E-state index in [0.717, 1.165) is 0 Å². The van der Waals surface area contributed by atoms with Gasteiger partial charge in [-0.05, 0) is 0 Å². The summed E-state index contributed by atoms with van der Waals surface area (Å²) in [4.78, 5) is 1.76. The average molecular weight is 87.1 g/mol. The van der Waals surface area contributed by atoms with Crippen molar-refractivity contribution >= 4 is 6.34 Å². The molecule has 2 N–H and O–H groups in total. The molecule has 0 rings (SSSR count). The maximum atomic E-state index is 4.76. The summed E-state index contributed by atoms with van der Waals surface area (Å²) in [6, 6.07) is 0. The Balaban J connectivity index is 3.03. The summed E-state index contributed by atoms with van der Waals surface area (Å²) in [6.07, 6.45) is 1.53. The van der Waals surface area contributed by atoms with Crippen LogP contribution in [-0.4, -0.2) is 25.3 Å². The number of hydrogen-bond acceptors (Lipinski definition) is 2. The van der Waals surface area contributed by atoms with Crippen molar-refractivity contribution in [2.24, 2.45) is 10.9 Å². The average Bonchev–Trinajstić information content (AvgIpc) is 1.35. The van der Waals surface area contributed by atoms with E-state index < -0.39 is 0 Å². The van der Waals surface area contributed by atoms with Crippen LogP contribution in [0.5, 0.6) is 0 Å². The van der Waals surface area contributed by atoms with E-state index in [2.05, 4.69) is 5.10 Å². The van der Waals surface area contributed by atoms with E-state index in [4.69, 9.17) is 5.84 Å². The molecule has 0 aliphatic rings. The molecule has 0 aliphatic carbocycles. The van der Waals surface area contributed by atoms with Crippen molar-refractivity contribution in [1.29, 1.82) is 0 Å². The number of hydrazone groups is 1. The molecule has 36 valence electrons. The van der Waals surface area contributed by atoms with E-state index in [1.165, 1.54) is 6.34 Å². The molecular weight excluding hydrogens is 78.1 g/mol. The number of hydrogen-bond donors (Lipinski definition) is 1. The van der Waals surface area contributed by atoms with Gasteiger partial charge in [-0.3, -0.25) is 0 Å². The van der Waals surface area contributed by atoms with Crippen LogP contribution in [0, 0.1) is 0 Å². The molecule has 3 nitrogen and oxygen atoms in total. The lowest BCUT2D eigenvalue weighted by atomic mass is 11.0. The predicted octanol–water partition coefficient (Wildman–Crippen LogP) is -0.550. The van der Waals surface area contributed by atoms with Crippen LogP contribution in [0.1, 0.15) is 0 Å². The molecule has 0 aromatic rings. The lowest BCUT2D eigenvalue weighted by Gasteiger charge is -1.97. The van der Waals surface area contributed by atoms with Crippen molar-refractivity contribution in [3.63, 3.8) is 0 Å². The third-order valence-corrected chi connectivity index (χ3v) is 0.298. The van der Waals surface area contributed by atoms with E-state index in [0.29, 0.717) is 0 Å². The van der Waals surface area contributed by atoms with Crippen LogP contribution in [0.4, 0.5) is 0 Å². The monoisotopic (exact) mass is 87.1 g/mol. The Kier molecular flexibility index (Phi) is 2.20. The topological polar surface area (TPSA) is 41.6 Å². The largest absolute Gasteiger partial charge is 0.367 e. The van der Waals surface area contributed by atoms with Crippen LogP contribution >= 0.6 is 0 Å². The van der Waals surface area contributed by atoms with Gasteiger partial charge in [-0.25, -0.2) is 0 Å². The molecule has 0 aromatic heterocycles. The third kappa shape index (κ3) is 3.27. The molecule has 0 spiro atoms. The highest BCUT2D eigenvalue weighted by Crippen LogP contribution is 1.56. The van der Waals surface area contributed by atoms with E-state index in [9.17, 15) is 0 Å². The minimum Gasteiger partial charge on any atom is -0.367 e. The molecule has 0 atom stereocenters. The summed E-state index contributed by atoms with van der Waals surface area (Å²) in [5.74, 6) is 4.76. The van der Waals surface area contributed by atoms with Crippen LogP contribution in [0.25, 0.3) is 0 Å². The summed E-state index contributed by atoms with van der Waals surface area (Å²) in [7, 11) is 3.72. The first-order valence-electron chi connectivity index (χ1n) is 1.67. The molecule has 0 amide bonds. The van der Waals surface area contributed by atoms with Gasteiger partial charge in [-0.2, -0.15) is 5.10 Å². The Morgan fingerprint density at radius 2 is 2.17 bits per heavy atom. The number of rotatable bonds is 1. The van der Waals surface area contributed by atoms with Gasteiger partial charge in [0.2, 0.25) is 0 Å². The molecule has 3 heteroatoms. The van der Waals surface area contributed by atoms with Gasteiger partial charge in [0.1, 0.15) is 6.34 Å². The van der Waals surface area contributed by atoms with Crippen molar-refractivity contribution in [3.05, 3.63) is 0 Å². The van der Waals surface area contributed by atoms with Crippen LogP contribution in [0.15, 0.2) is 5.10 Å². The Labute approximate surface area is 37.4 Å². The molecule has 0 aliphatic heterocycles. The first-order valence-corrected chi connectivity index (χ1v) is 1.67. The van der Waals surface area contributed by atoms with Crippen LogP contribution in [-0.2, 0) is 0 Å². The lowest BCUT2D eigenvalue weighted by molar-refractivity contribution is 0.640. The smallest absolute Gasteiger partial charge is 0.110 e. The summed E-state index contributed by atoms with van der Waals surface area (Å²) in [5, 5.41) is 3.24. The molecule has 0 fully saturated rings. The lowest BCUT2D eigenvalue weighted by Crippen LogP contribution is -2.08. The van der Waals surface area contributed by atoms with Crippen LogP contribution in [0.2, 0.25) is 0 Å². The standard InChI is InChI=1S/C3H9N3/c1-6(2)3-5-4/h3H,4H2,1-2H3. The van der Waals surface area contributed by atoms with Crippen LogP contribution in [0.3, 0.4) is 0 Å². The second kappa shape index (κ2) is 2.50. The normalized spacial score (nSPS) is 9.67. The maximum Gasteiger partial charge on any atom is 0.110 e. The van der Waals surface area contributed by atoms with Gasteiger partial charge in [0.25, 0.3) is 0 Å². The van der Waals surface area contributed by atoms with Gasteiger partial charge in [0, 0.05) is 14.1 Å². The van der Waals surface area contributed by atoms with E-state index in [1.54, 1.807) is 4.90 Å². The quantitative estimate of drug-likeness (QED) is 0.202. The van der Waals surface area contributed by atoms with E-state index in [1.807, 2.05) is 14.1 Å². The Morgan fingerprint density at radius 1 is 1.67 bits per heavy atom. The minimum absolute atomic E-state index is 1.53. The molecule has 0 saturated carbocycles. The fraction of sp³-hybridized carbons (Fsp3) is 0.667. The Morgan fingerprint density at radius 3 is 2.17 bits per heavy atom. The summed E-state index contributed by atoms with van der Waals surface area (Å²) in [5.41, 5.74) is 0. The van der Waals surface area contributed by atoms with Crippen LogP contribution < -0.4 is 5.84 Å². The number of nitrogens with zero attached hydrogens (tertiary/aromatic N) is 2. The van der Waals surface area contributed by atoms with Gasteiger partial charge in [0.05, 0.1) is 0 Å². The second-order valence-electron chi connectivity index (χ2n) is 1.23. The summed E-state index contributed by atoms with van der Waals surface area (Å²) < 4.78 is 0. The highest BCUT2D eigenvalue weighted by molar-refractivity contribution is 5.52. The summed E-state index contributed by atoms with van der Waals surface area (Å²) in [6.45, 7) is 0. The van der Waals surface area contributed by atoms with Gasteiger partial charge in [0.15, 0.2) is 0 Å². The molecule has 0 radical (unpaired) electrons. The first-order chi connectivity index (χ1) is 2.77. The molecule has 6 heavy (non-hydrogen) atoms. The van der Waals surface area contributed by atoms with Gasteiger partial charge in [-0.15, -0.1) is 0 Å². The Hall–Kier alpha value is -0.730. The molecule has 0 bridgehead atoms. The fourth-order valence-corrected chi connectivity index (χ4v) is 0.133. The second-order valence-corrected chi connectivity index (χ2v) is 1.23. The molecule has 0 saturated heterocycles. The molecule has 0 aromatic carbocycles. The van der Waals surface area contributed by atoms with Crippen molar-refractivity contribution in [2.75, 3.05) is 14.1 Å². The number of nitrogens with two attached hydrogens (primary N) is 1. The van der Waals surface area contributed by atoms with Crippen molar-refractivity contribution in [3.8, 4) is 0 Å². The first kappa shape index (κ1) is 5.27.